The van der Waals surface area contributed by atoms with Crippen LogP contribution in [0.5, 0.6) is 11.6 Å². The monoisotopic (exact) mass is 286 g/mol. The largest absolute Gasteiger partial charge is 0.436 e. The van der Waals surface area contributed by atoms with Crippen molar-refractivity contribution in [3.8, 4) is 11.6 Å². The summed E-state index contributed by atoms with van der Waals surface area (Å²) in [6.45, 7) is 2.08. The molecular formula is C13H10F4N2O. The van der Waals surface area contributed by atoms with Crippen LogP contribution in [0.15, 0.2) is 24.3 Å². The summed E-state index contributed by atoms with van der Waals surface area (Å²) < 4.78 is 57.6. The molecular weight excluding hydrogens is 276 g/mol. The van der Waals surface area contributed by atoms with Crippen LogP contribution in [0.25, 0.3) is 0 Å². The van der Waals surface area contributed by atoms with E-state index in [0.29, 0.717) is 12.6 Å². The number of benzene rings is 1. The van der Waals surface area contributed by atoms with Gasteiger partial charge in [-0.2, -0.15) is 4.98 Å². The zero-order valence-corrected chi connectivity index (χ0v) is 10.4. The second-order valence-corrected chi connectivity index (χ2v) is 3.81. The Hall–Kier alpha value is -2.31. The third-order valence-electron chi connectivity index (χ3n) is 2.35. The van der Waals surface area contributed by atoms with E-state index < -0.39 is 29.1 Å². The maximum atomic E-state index is 13.5. The molecule has 3 nitrogen and oxygen atoms in total. The number of hydrogen-bond donors (Lipinski definition) is 1. The van der Waals surface area contributed by atoms with Gasteiger partial charge in [-0.05, 0) is 19.1 Å². The first-order chi connectivity index (χ1) is 9.51. The SMILES string of the molecule is CCNc1nc(Oc2ccc(F)c(F)c2)c(F)cc1F. The van der Waals surface area contributed by atoms with Crippen LogP contribution in [-0.4, -0.2) is 11.5 Å². The molecule has 0 aliphatic heterocycles. The molecule has 1 heterocycles. The Labute approximate surface area is 112 Å². The van der Waals surface area contributed by atoms with E-state index in [2.05, 4.69) is 10.3 Å². The highest BCUT2D eigenvalue weighted by molar-refractivity contribution is 5.41. The summed E-state index contributed by atoms with van der Waals surface area (Å²) in [6, 6.07) is 3.28. The fraction of sp³-hybridized carbons (Fsp3) is 0.154. The van der Waals surface area contributed by atoms with Crippen molar-refractivity contribution in [1.29, 1.82) is 0 Å². The first-order valence-electron chi connectivity index (χ1n) is 5.74. The van der Waals surface area contributed by atoms with E-state index in [9.17, 15) is 17.6 Å². The summed E-state index contributed by atoms with van der Waals surface area (Å²) in [5, 5.41) is 2.58. The van der Waals surface area contributed by atoms with Crippen LogP contribution in [0.4, 0.5) is 23.4 Å². The number of hydrogen-bond acceptors (Lipinski definition) is 3. The topological polar surface area (TPSA) is 34.2 Å². The van der Waals surface area contributed by atoms with Gasteiger partial charge in [0.2, 0.25) is 0 Å². The van der Waals surface area contributed by atoms with Gasteiger partial charge < -0.3 is 10.1 Å². The van der Waals surface area contributed by atoms with E-state index in [4.69, 9.17) is 4.74 Å². The molecule has 2 aromatic rings. The molecule has 0 saturated heterocycles. The number of rotatable bonds is 4. The van der Waals surface area contributed by atoms with Crippen LogP contribution in [0.3, 0.4) is 0 Å². The van der Waals surface area contributed by atoms with Crippen molar-refractivity contribution in [2.75, 3.05) is 11.9 Å². The Morgan fingerprint density at radius 3 is 2.40 bits per heavy atom. The zero-order valence-electron chi connectivity index (χ0n) is 10.4. The first kappa shape index (κ1) is 14.1. The minimum absolute atomic E-state index is 0.149. The van der Waals surface area contributed by atoms with Gasteiger partial charge in [0, 0.05) is 18.7 Å². The van der Waals surface area contributed by atoms with Crippen LogP contribution in [0.1, 0.15) is 6.92 Å². The quantitative estimate of drug-likeness (QED) is 0.866. The van der Waals surface area contributed by atoms with Crippen molar-refractivity contribution in [2.24, 2.45) is 0 Å². The maximum Gasteiger partial charge on any atom is 0.258 e. The van der Waals surface area contributed by atoms with Crippen LogP contribution >= 0.6 is 0 Å². The standard InChI is InChI=1S/C13H10F4N2O/c1-2-18-12-10(16)6-11(17)13(19-12)20-7-3-4-8(14)9(15)5-7/h3-6H,2H2,1H3,(H,18,19). The van der Waals surface area contributed by atoms with Gasteiger partial charge in [-0.3, -0.25) is 0 Å². The predicted molar refractivity (Wildman–Crippen MR) is 64.7 cm³/mol. The van der Waals surface area contributed by atoms with Crippen molar-refractivity contribution >= 4 is 5.82 Å². The molecule has 0 fully saturated rings. The first-order valence-corrected chi connectivity index (χ1v) is 5.74. The molecule has 0 unspecified atom stereocenters. The highest BCUT2D eigenvalue weighted by Gasteiger charge is 2.14. The smallest absolute Gasteiger partial charge is 0.258 e. The summed E-state index contributed by atoms with van der Waals surface area (Å²) >= 11 is 0. The molecule has 0 aliphatic carbocycles. The molecule has 0 amide bonds. The van der Waals surface area contributed by atoms with Crippen LogP contribution in [-0.2, 0) is 0 Å². The number of aromatic nitrogens is 1. The zero-order chi connectivity index (χ0) is 14.7. The number of halogens is 4. The van der Waals surface area contributed by atoms with Gasteiger partial charge in [0.15, 0.2) is 29.1 Å². The van der Waals surface area contributed by atoms with Crippen molar-refractivity contribution < 1.29 is 22.3 Å². The van der Waals surface area contributed by atoms with Crippen molar-refractivity contribution in [2.45, 2.75) is 6.92 Å². The van der Waals surface area contributed by atoms with Gasteiger partial charge in [-0.25, -0.2) is 17.6 Å². The Balaban J connectivity index is 2.32. The van der Waals surface area contributed by atoms with Gasteiger partial charge in [-0.1, -0.05) is 0 Å². The summed E-state index contributed by atoms with van der Waals surface area (Å²) in [5.41, 5.74) is 0. The molecule has 2 rings (SSSR count). The third-order valence-corrected chi connectivity index (χ3v) is 2.35. The lowest BCUT2D eigenvalue weighted by Gasteiger charge is -2.09. The van der Waals surface area contributed by atoms with E-state index >= 15 is 0 Å². The minimum atomic E-state index is -1.14. The van der Waals surface area contributed by atoms with Crippen LogP contribution in [0, 0.1) is 23.3 Å². The second kappa shape index (κ2) is 5.77. The fourth-order valence-corrected chi connectivity index (χ4v) is 1.46. The molecule has 0 saturated carbocycles. The Morgan fingerprint density at radius 1 is 1.00 bits per heavy atom. The fourth-order valence-electron chi connectivity index (χ4n) is 1.46. The summed E-state index contributed by atoms with van der Waals surface area (Å²) in [7, 11) is 0. The molecule has 1 N–H and O–H groups in total. The lowest BCUT2D eigenvalue weighted by Crippen LogP contribution is -2.04. The number of pyridine rings is 1. The number of nitrogens with one attached hydrogen (secondary N) is 1. The van der Waals surface area contributed by atoms with Gasteiger partial charge in [-0.15, -0.1) is 0 Å². The predicted octanol–water partition coefficient (Wildman–Crippen LogP) is 3.86. The van der Waals surface area contributed by atoms with Crippen LogP contribution < -0.4 is 10.1 Å². The molecule has 0 atom stereocenters. The molecule has 1 aromatic heterocycles. The highest BCUT2D eigenvalue weighted by atomic mass is 19.2. The average Bonchev–Trinajstić information content (AvgIpc) is 2.39. The summed E-state index contributed by atoms with van der Waals surface area (Å²) in [6.07, 6.45) is 0. The molecule has 0 radical (unpaired) electrons. The van der Waals surface area contributed by atoms with E-state index in [1.807, 2.05) is 0 Å². The normalized spacial score (nSPS) is 10.4. The van der Waals surface area contributed by atoms with Crippen molar-refractivity contribution in [3.05, 3.63) is 47.5 Å². The third kappa shape index (κ3) is 2.98. The van der Waals surface area contributed by atoms with Crippen molar-refractivity contribution in [1.82, 2.24) is 4.98 Å². The Kier molecular flexibility index (Phi) is 4.07. The highest BCUT2D eigenvalue weighted by Crippen LogP contribution is 2.26. The molecule has 0 aliphatic rings. The molecule has 1 aromatic carbocycles. The number of anilines is 1. The summed E-state index contributed by atoms with van der Waals surface area (Å²) in [5.74, 6) is -4.99. The van der Waals surface area contributed by atoms with E-state index in [1.54, 1.807) is 6.92 Å². The lowest BCUT2D eigenvalue weighted by atomic mass is 10.3. The van der Waals surface area contributed by atoms with Gasteiger partial charge >= 0.3 is 0 Å². The maximum absolute atomic E-state index is 13.5. The van der Waals surface area contributed by atoms with Gasteiger partial charge in [0.25, 0.3) is 5.88 Å². The van der Waals surface area contributed by atoms with E-state index in [1.165, 1.54) is 0 Å². The van der Waals surface area contributed by atoms with Crippen molar-refractivity contribution in [3.63, 3.8) is 0 Å². The molecule has 106 valence electrons. The molecule has 0 bridgehead atoms. The summed E-state index contributed by atoms with van der Waals surface area (Å²) in [4.78, 5) is 3.61. The molecule has 0 spiro atoms. The Morgan fingerprint density at radius 2 is 1.75 bits per heavy atom. The number of nitrogens with zero attached hydrogens (tertiary/aromatic N) is 1. The van der Waals surface area contributed by atoms with Crippen LogP contribution in [0.2, 0.25) is 0 Å². The lowest BCUT2D eigenvalue weighted by molar-refractivity contribution is 0.411. The number of ether oxygens (including phenoxy) is 1. The van der Waals surface area contributed by atoms with Gasteiger partial charge in [0.05, 0.1) is 0 Å². The van der Waals surface area contributed by atoms with E-state index in [0.717, 1.165) is 18.2 Å². The Bertz CT molecular complexity index is 634. The second-order valence-electron chi connectivity index (χ2n) is 3.81. The average molecular weight is 286 g/mol. The minimum Gasteiger partial charge on any atom is -0.436 e. The molecule has 7 heteroatoms. The van der Waals surface area contributed by atoms with Gasteiger partial charge in [0.1, 0.15) is 5.75 Å². The van der Waals surface area contributed by atoms with E-state index in [-0.39, 0.29) is 11.6 Å². The molecule has 20 heavy (non-hydrogen) atoms.